The number of guanidine groups is 1. The van der Waals surface area contributed by atoms with Gasteiger partial charge in [0.2, 0.25) is 11.7 Å². The molecule has 0 radical (unpaired) electrons. The number of hydrazone groups is 1. The normalized spacial score (nSPS) is 13.8. The predicted molar refractivity (Wildman–Crippen MR) is 81.8 cm³/mol. The second-order valence-corrected chi connectivity index (χ2v) is 4.32. The molecular formula is C14H20N4O3. The fourth-order valence-electron chi connectivity index (χ4n) is 2.03. The highest BCUT2D eigenvalue weighted by Crippen LogP contribution is 2.38. The summed E-state index contributed by atoms with van der Waals surface area (Å²) in [4.78, 5) is 4.29. The van der Waals surface area contributed by atoms with Crippen molar-refractivity contribution in [2.45, 2.75) is 0 Å². The Labute approximate surface area is 124 Å². The number of methoxy groups -OCH3 is 3. The van der Waals surface area contributed by atoms with E-state index in [0.717, 1.165) is 24.6 Å². The Hall–Kier alpha value is -2.44. The third kappa shape index (κ3) is 3.18. The van der Waals surface area contributed by atoms with Gasteiger partial charge in [0.25, 0.3) is 0 Å². The second kappa shape index (κ2) is 6.83. The standard InChI is InChI=1S/C14H20N4O3/c1-18(14-15-7-8-16-14)17-9-10-5-6-11(19-2)13(21-4)12(10)20-3/h5-6,9H,7-8H2,1-4H3,(H,15,16)/b17-9+. The van der Waals surface area contributed by atoms with Crippen molar-refractivity contribution < 1.29 is 14.2 Å². The number of benzene rings is 1. The summed E-state index contributed by atoms with van der Waals surface area (Å²) < 4.78 is 16.0. The van der Waals surface area contributed by atoms with Crippen molar-refractivity contribution in [3.8, 4) is 17.2 Å². The van der Waals surface area contributed by atoms with Gasteiger partial charge in [0.05, 0.1) is 34.1 Å². The highest BCUT2D eigenvalue weighted by molar-refractivity contribution is 5.88. The molecule has 0 saturated heterocycles. The third-order valence-electron chi connectivity index (χ3n) is 3.07. The summed E-state index contributed by atoms with van der Waals surface area (Å²) in [7, 11) is 6.58. The smallest absolute Gasteiger partial charge is 0.214 e. The van der Waals surface area contributed by atoms with E-state index < -0.39 is 0 Å². The first-order valence-electron chi connectivity index (χ1n) is 6.56. The largest absolute Gasteiger partial charge is 0.493 e. The Morgan fingerprint density at radius 1 is 1.19 bits per heavy atom. The molecule has 114 valence electrons. The minimum atomic E-state index is 0.544. The number of aliphatic imine (C=N–C) groups is 1. The van der Waals surface area contributed by atoms with E-state index in [1.54, 1.807) is 32.6 Å². The summed E-state index contributed by atoms with van der Waals surface area (Å²) in [5.41, 5.74) is 0.792. The van der Waals surface area contributed by atoms with E-state index in [-0.39, 0.29) is 0 Å². The quantitative estimate of drug-likeness (QED) is 0.646. The zero-order valence-corrected chi connectivity index (χ0v) is 12.7. The Balaban J connectivity index is 2.27. The minimum absolute atomic E-state index is 0.544. The molecule has 0 atom stereocenters. The van der Waals surface area contributed by atoms with Crippen molar-refractivity contribution in [1.29, 1.82) is 0 Å². The van der Waals surface area contributed by atoms with Gasteiger partial charge in [-0.25, -0.2) is 10.0 Å². The van der Waals surface area contributed by atoms with E-state index in [1.807, 2.05) is 19.2 Å². The fraction of sp³-hybridized carbons (Fsp3) is 0.429. The third-order valence-corrected chi connectivity index (χ3v) is 3.07. The number of nitrogens with one attached hydrogen (secondary N) is 1. The Morgan fingerprint density at radius 3 is 2.52 bits per heavy atom. The van der Waals surface area contributed by atoms with Crippen LogP contribution in [-0.2, 0) is 0 Å². The lowest BCUT2D eigenvalue weighted by Gasteiger charge is -2.15. The van der Waals surface area contributed by atoms with Gasteiger partial charge in [0.1, 0.15) is 0 Å². The second-order valence-electron chi connectivity index (χ2n) is 4.32. The monoisotopic (exact) mass is 292 g/mol. The molecule has 1 aliphatic heterocycles. The van der Waals surface area contributed by atoms with Crippen molar-refractivity contribution >= 4 is 12.2 Å². The molecule has 21 heavy (non-hydrogen) atoms. The van der Waals surface area contributed by atoms with Crippen LogP contribution in [0.4, 0.5) is 0 Å². The summed E-state index contributed by atoms with van der Waals surface area (Å²) >= 11 is 0. The Morgan fingerprint density at radius 2 is 1.95 bits per heavy atom. The summed E-state index contributed by atoms with van der Waals surface area (Å²) in [6, 6.07) is 3.68. The molecule has 0 fully saturated rings. The van der Waals surface area contributed by atoms with Crippen LogP contribution in [0.3, 0.4) is 0 Å². The number of ether oxygens (including phenoxy) is 3. The van der Waals surface area contributed by atoms with Crippen molar-refractivity contribution in [3.05, 3.63) is 17.7 Å². The van der Waals surface area contributed by atoms with Crippen molar-refractivity contribution in [1.82, 2.24) is 10.3 Å². The topological polar surface area (TPSA) is 67.7 Å². The van der Waals surface area contributed by atoms with E-state index >= 15 is 0 Å². The highest BCUT2D eigenvalue weighted by atomic mass is 16.5. The van der Waals surface area contributed by atoms with E-state index in [4.69, 9.17) is 14.2 Å². The van der Waals surface area contributed by atoms with Crippen molar-refractivity contribution in [2.75, 3.05) is 41.5 Å². The fourth-order valence-corrected chi connectivity index (χ4v) is 2.03. The molecule has 1 heterocycles. The first kappa shape index (κ1) is 15.0. The van der Waals surface area contributed by atoms with Crippen LogP contribution in [0, 0.1) is 0 Å². The lowest BCUT2D eigenvalue weighted by molar-refractivity contribution is 0.324. The van der Waals surface area contributed by atoms with Gasteiger partial charge in [-0.3, -0.25) is 0 Å². The Kier molecular flexibility index (Phi) is 4.86. The number of rotatable bonds is 5. The van der Waals surface area contributed by atoms with Gasteiger partial charge in [-0.05, 0) is 12.1 Å². The molecule has 0 spiro atoms. The maximum absolute atomic E-state index is 5.41. The molecule has 0 amide bonds. The minimum Gasteiger partial charge on any atom is -0.493 e. The summed E-state index contributed by atoms with van der Waals surface area (Å²) in [6.45, 7) is 1.61. The molecule has 2 rings (SSSR count). The number of hydrogen-bond donors (Lipinski definition) is 1. The zero-order valence-electron chi connectivity index (χ0n) is 12.7. The molecule has 0 aromatic heterocycles. The van der Waals surface area contributed by atoms with Gasteiger partial charge in [-0.15, -0.1) is 0 Å². The van der Waals surface area contributed by atoms with Crippen LogP contribution in [0.2, 0.25) is 0 Å². The van der Waals surface area contributed by atoms with Gasteiger partial charge >= 0.3 is 0 Å². The van der Waals surface area contributed by atoms with E-state index in [9.17, 15) is 0 Å². The maximum Gasteiger partial charge on any atom is 0.214 e. The van der Waals surface area contributed by atoms with Crippen LogP contribution in [0.25, 0.3) is 0 Å². The number of hydrogen-bond acceptors (Lipinski definition) is 7. The summed E-state index contributed by atoms with van der Waals surface area (Å²) in [6.07, 6.45) is 1.70. The lowest BCUT2D eigenvalue weighted by Crippen LogP contribution is -2.32. The zero-order chi connectivity index (χ0) is 15.2. The van der Waals surface area contributed by atoms with E-state index in [0.29, 0.717) is 17.2 Å². The van der Waals surface area contributed by atoms with Gasteiger partial charge < -0.3 is 19.5 Å². The van der Waals surface area contributed by atoms with Crippen LogP contribution in [-0.4, -0.2) is 58.6 Å². The van der Waals surface area contributed by atoms with Crippen LogP contribution in [0.5, 0.6) is 17.2 Å². The van der Waals surface area contributed by atoms with Gasteiger partial charge in [-0.2, -0.15) is 5.10 Å². The molecule has 1 aromatic rings. The van der Waals surface area contributed by atoms with Crippen LogP contribution in [0.1, 0.15) is 5.56 Å². The summed E-state index contributed by atoms with van der Waals surface area (Å²) in [5, 5.41) is 9.19. The molecule has 0 bridgehead atoms. The molecule has 0 aliphatic carbocycles. The predicted octanol–water partition coefficient (Wildman–Crippen LogP) is 0.937. The first-order chi connectivity index (χ1) is 10.2. The van der Waals surface area contributed by atoms with Gasteiger partial charge in [0.15, 0.2) is 11.5 Å². The average molecular weight is 292 g/mol. The van der Waals surface area contributed by atoms with Crippen molar-refractivity contribution in [2.24, 2.45) is 10.1 Å². The molecule has 0 unspecified atom stereocenters. The highest BCUT2D eigenvalue weighted by Gasteiger charge is 2.15. The van der Waals surface area contributed by atoms with Crippen molar-refractivity contribution in [3.63, 3.8) is 0 Å². The molecule has 0 saturated carbocycles. The van der Waals surface area contributed by atoms with E-state index in [2.05, 4.69) is 15.4 Å². The maximum atomic E-state index is 5.41. The average Bonchev–Trinajstić information content (AvgIpc) is 3.05. The lowest BCUT2D eigenvalue weighted by atomic mass is 10.2. The molecule has 7 heteroatoms. The van der Waals surface area contributed by atoms with Crippen LogP contribution in [0.15, 0.2) is 22.2 Å². The molecule has 7 nitrogen and oxygen atoms in total. The Bertz CT molecular complexity index is 557. The SMILES string of the molecule is COc1ccc(/C=N/N(C)C2=NCCN2)c(OC)c1OC. The summed E-state index contributed by atoms with van der Waals surface area (Å²) in [5.74, 6) is 2.49. The molecule has 1 aliphatic rings. The first-order valence-corrected chi connectivity index (χ1v) is 6.56. The van der Waals surface area contributed by atoms with Gasteiger partial charge in [0, 0.05) is 19.2 Å². The molecule has 1 N–H and O–H groups in total. The molecule has 1 aromatic carbocycles. The van der Waals surface area contributed by atoms with Crippen LogP contribution < -0.4 is 19.5 Å². The number of nitrogens with zero attached hydrogens (tertiary/aromatic N) is 3. The molecular weight excluding hydrogens is 272 g/mol. The van der Waals surface area contributed by atoms with E-state index in [1.165, 1.54) is 0 Å². The van der Waals surface area contributed by atoms with Crippen LogP contribution >= 0.6 is 0 Å². The van der Waals surface area contributed by atoms with Gasteiger partial charge in [-0.1, -0.05) is 0 Å².